The monoisotopic (exact) mass is 480 g/mol. The van der Waals surface area contributed by atoms with E-state index in [4.69, 9.17) is 0 Å². The summed E-state index contributed by atoms with van der Waals surface area (Å²) in [5.74, 6) is 0.742. The number of anilines is 1. The first kappa shape index (κ1) is 23.4. The molecule has 8 nitrogen and oxygen atoms in total. The molecule has 0 unspecified atom stereocenters. The van der Waals surface area contributed by atoms with Crippen molar-refractivity contribution in [2.75, 3.05) is 25.5 Å². The Labute approximate surface area is 209 Å². The number of carbonyl (C=O) groups excluding carboxylic acids is 2. The Hall–Kier alpha value is -4.33. The molecule has 0 bridgehead atoms. The number of nitrogens with one attached hydrogen (secondary N) is 2. The van der Waals surface area contributed by atoms with Crippen LogP contribution in [0.25, 0.3) is 22.2 Å². The van der Waals surface area contributed by atoms with Crippen molar-refractivity contribution in [3.05, 3.63) is 83.3 Å². The number of benzene rings is 2. The number of nitrogens with zero attached hydrogens (tertiary/aromatic N) is 4. The smallest absolute Gasteiger partial charge is 0.251 e. The van der Waals surface area contributed by atoms with Crippen molar-refractivity contribution >= 4 is 28.5 Å². The van der Waals surface area contributed by atoms with E-state index in [2.05, 4.69) is 43.8 Å². The molecule has 2 aromatic carbocycles. The van der Waals surface area contributed by atoms with Crippen molar-refractivity contribution in [2.45, 2.75) is 26.3 Å². The van der Waals surface area contributed by atoms with Crippen molar-refractivity contribution in [3.63, 3.8) is 0 Å². The van der Waals surface area contributed by atoms with Crippen LogP contribution in [0.1, 0.15) is 34.0 Å². The van der Waals surface area contributed by atoms with E-state index in [1.165, 1.54) is 11.1 Å². The van der Waals surface area contributed by atoms with Crippen molar-refractivity contribution in [1.82, 2.24) is 25.2 Å². The molecule has 2 aromatic heterocycles. The lowest BCUT2D eigenvalue weighted by molar-refractivity contribution is -0.129. The second-order valence-electron chi connectivity index (χ2n) is 8.89. The molecule has 182 valence electrons. The van der Waals surface area contributed by atoms with E-state index < -0.39 is 0 Å². The molecule has 8 heteroatoms. The van der Waals surface area contributed by atoms with Crippen LogP contribution in [0.15, 0.2) is 61.1 Å². The SMILES string of the molecule is CNC(=O)c1ccnc2c(CCNc3cc(-c4ccc5c(c4)CCN(C(C)=O)C5)ncn3)cccc12. The quantitative estimate of drug-likeness (QED) is 0.437. The molecule has 0 atom stereocenters. The Morgan fingerprint density at radius 2 is 1.92 bits per heavy atom. The first-order valence-electron chi connectivity index (χ1n) is 12.1. The third-order valence-electron chi connectivity index (χ3n) is 6.65. The number of aromatic nitrogens is 3. The fraction of sp³-hybridized carbons (Fsp3) is 0.250. The largest absolute Gasteiger partial charge is 0.370 e. The number of hydrogen-bond acceptors (Lipinski definition) is 6. The minimum absolute atomic E-state index is 0.113. The van der Waals surface area contributed by atoms with Gasteiger partial charge in [-0.25, -0.2) is 9.97 Å². The zero-order valence-corrected chi connectivity index (χ0v) is 20.4. The van der Waals surface area contributed by atoms with Crippen LogP contribution in [-0.4, -0.2) is 51.8 Å². The molecule has 0 radical (unpaired) electrons. The molecular formula is C28H28N6O2. The average Bonchev–Trinajstić information content (AvgIpc) is 2.92. The molecule has 0 aliphatic carbocycles. The first-order chi connectivity index (χ1) is 17.5. The Kier molecular flexibility index (Phi) is 6.58. The number of amides is 2. The van der Waals surface area contributed by atoms with Gasteiger partial charge in [0, 0.05) is 56.8 Å². The van der Waals surface area contributed by atoms with E-state index >= 15 is 0 Å². The Bertz CT molecular complexity index is 1450. The molecule has 0 saturated carbocycles. The minimum Gasteiger partial charge on any atom is -0.370 e. The lowest BCUT2D eigenvalue weighted by atomic mass is 9.96. The fourth-order valence-electron chi connectivity index (χ4n) is 4.69. The number of rotatable bonds is 6. The highest BCUT2D eigenvalue weighted by atomic mass is 16.2. The molecule has 2 N–H and O–H groups in total. The second kappa shape index (κ2) is 10.1. The van der Waals surface area contributed by atoms with Crippen LogP contribution in [0.5, 0.6) is 0 Å². The van der Waals surface area contributed by atoms with Crippen LogP contribution in [-0.2, 0) is 24.2 Å². The second-order valence-corrected chi connectivity index (χ2v) is 8.89. The Morgan fingerprint density at radius 3 is 2.75 bits per heavy atom. The summed E-state index contributed by atoms with van der Waals surface area (Å²) in [7, 11) is 1.63. The van der Waals surface area contributed by atoms with E-state index in [0.717, 1.165) is 52.9 Å². The highest BCUT2D eigenvalue weighted by Gasteiger charge is 2.19. The number of pyridine rings is 1. The number of hydrogen-bond donors (Lipinski definition) is 2. The third kappa shape index (κ3) is 4.75. The van der Waals surface area contributed by atoms with Gasteiger partial charge in [0.1, 0.15) is 12.1 Å². The van der Waals surface area contributed by atoms with Gasteiger partial charge >= 0.3 is 0 Å². The molecule has 1 aliphatic heterocycles. The van der Waals surface area contributed by atoms with Crippen LogP contribution in [0.2, 0.25) is 0 Å². The molecule has 5 rings (SSSR count). The van der Waals surface area contributed by atoms with Crippen molar-refractivity contribution in [3.8, 4) is 11.3 Å². The normalized spacial score (nSPS) is 12.8. The van der Waals surface area contributed by atoms with Crippen LogP contribution in [0.3, 0.4) is 0 Å². The number of fused-ring (bicyclic) bond motifs is 2. The van der Waals surface area contributed by atoms with Gasteiger partial charge in [-0.3, -0.25) is 14.6 Å². The third-order valence-corrected chi connectivity index (χ3v) is 6.65. The summed E-state index contributed by atoms with van der Waals surface area (Å²) < 4.78 is 0. The number of carbonyl (C=O) groups is 2. The zero-order chi connectivity index (χ0) is 25.1. The van der Waals surface area contributed by atoms with Gasteiger partial charge in [-0.1, -0.05) is 30.3 Å². The molecule has 2 amide bonds. The first-order valence-corrected chi connectivity index (χ1v) is 12.1. The lowest BCUT2D eigenvalue weighted by Gasteiger charge is -2.28. The fourth-order valence-corrected chi connectivity index (χ4v) is 4.69. The Balaban J connectivity index is 1.29. The van der Waals surface area contributed by atoms with E-state index in [1.807, 2.05) is 29.2 Å². The summed E-state index contributed by atoms with van der Waals surface area (Å²) in [5.41, 5.74) is 6.86. The van der Waals surface area contributed by atoms with Crippen LogP contribution in [0, 0.1) is 0 Å². The molecule has 0 spiro atoms. The van der Waals surface area contributed by atoms with Crippen LogP contribution in [0.4, 0.5) is 5.82 Å². The molecule has 3 heterocycles. The maximum Gasteiger partial charge on any atom is 0.251 e. The predicted octanol–water partition coefficient (Wildman–Crippen LogP) is 3.61. The standard InChI is InChI=1S/C28H28N6O2/c1-18(35)34-13-10-20-14-21(6-7-22(20)16-34)25-15-26(33-17-32-25)30-11-8-19-4-3-5-23-24(28(36)29-2)9-12-31-27(19)23/h3-7,9,12,14-15,17H,8,10-11,13,16H2,1-2H3,(H,29,36)(H,30,32,33). The van der Waals surface area contributed by atoms with E-state index in [0.29, 0.717) is 18.7 Å². The van der Waals surface area contributed by atoms with Gasteiger partial charge in [0.05, 0.1) is 16.8 Å². The maximum absolute atomic E-state index is 12.2. The topological polar surface area (TPSA) is 100 Å². The molecule has 0 saturated heterocycles. The highest BCUT2D eigenvalue weighted by molar-refractivity contribution is 6.06. The van der Waals surface area contributed by atoms with Gasteiger partial charge in [0.25, 0.3) is 5.91 Å². The van der Waals surface area contributed by atoms with Crippen LogP contribution >= 0.6 is 0 Å². The van der Waals surface area contributed by atoms with E-state index in [9.17, 15) is 9.59 Å². The molecular weight excluding hydrogens is 452 g/mol. The van der Waals surface area contributed by atoms with Gasteiger partial charge in [-0.2, -0.15) is 0 Å². The summed E-state index contributed by atoms with van der Waals surface area (Å²) in [5, 5.41) is 6.93. The van der Waals surface area contributed by atoms with Crippen molar-refractivity contribution < 1.29 is 9.59 Å². The van der Waals surface area contributed by atoms with Gasteiger partial charge in [-0.15, -0.1) is 0 Å². The predicted molar refractivity (Wildman–Crippen MR) is 140 cm³/mol. The summed E-state index contributed by atoms with van der Waals surface area (Å²) in [6.07, 6.45) is 4.83. The van der Waals surface area contributed by atoms with E-state index in [1.54, 1.807) is 32.6 Å². The Morgan fingerprint density at radius 1 is 1.03 bits per heavy atom. The van der Waals surface area contributed by atoms with Gasteiger partial charge in [0.15, 0.2) is 0 Å². The average molecular weight is 481 g/mol. The van der Waals surface area contributed by atoms with Gasteiger partial charge < -0.3 is 15.5 Å². The van der Waals surface area contributed by atoms with Gasteiger partial charge in [-0.05, 0) is 41.7 Å². The summed E-state index contributed by atoms with van der Waals surface area (Å²) >= 11 is 0. The molecule has 4 aromatic rings. The minimum atomic E-state index is -0.121. The highest BCUT2D eigenvalue weighted by Crippen LogP contribution is 2.26. The maximum atomic E-state index is 12.2. The summed E-state index contributed by atoms with van der Waals surface area (Å²) in [6, 6.07) is 15.9. The molecule has 1 aliphatic rings. The van der Waals surface area contributed by atoms with Crippen molar-refractivity contribution in [2.24, 2.45) is 0 Å². The van der Waals surface area contributed by atoms with E-state index in [-0.39, 0.29) is 11.8 Å². The lowest BCUT2D eigenvalue weighted by Crippen LogP contribution is -2.34. The van der Waals surface area contributed by atoms with Crippen LogP contribution < -0.4 is 10.6 Å². The molecule has 36 heavy (non-hydrogen) atoms. The zero-order valence-electron chi connectivity index (χ0n) is 20.4. The summed E-state index contributed by atoms with van der Waals surface area (Å²) in [6.45, 7) is 3.69. The summed E-state index contributed by atoms with van der Waals surface area (Å²) in [4.78, 5) is 39.2. The number of para-hydroxylation sites is 1. The van der Waals surface area contributed by atoms with Gasteiger partial charge in [0.2, 0.25) is 5.91 Å². The van der Waals surface area contributed by atoms with Crippen molar-refractivity contribution in [1.29, 1.82) is 0 Å². The molecule has 0 fully saturated rings.